The number of esters is 1. The van der Waals surface area contributed by atoms with Gasteiger partial charge in [0.2, 0.25) is 5.91 Å². The molecule has 2 aliphatic rings. The molecule has 3 atom stereocenters. The summed E-state index contributed by atoms with van der Waals surface area (Å²) in [6.07, 6.45) is 0.678. The van der Waals surface area contributed by atoms with Crippen molar-refractivity contribution < 1.29 is 47.7 Å². The highest BCUT2D eigenvalue weighted by Gasteiger charge is 2.46. The Kier molecular flexibility index (Phi) is 16.6. The van der Waals surface area contributed by atoms with Gasteiger partial charge in [-0.3, -0.25) is 19.5 Å². The standard InChI is InChI=1S/C53H65N7O10/c1-51(2,3)69-47(63)41(23-16-26-56-48(54)55)57-46(62)42(58-49(64)67-31-34-19-13-10-14-20-34)28-35-24-25-43(66-30-33-17-11-9-12-18-33)39(27-35)37-21-15-22-38-40(45(61)59-44(37)38)29-36-32-68-53(7,8)60(36)50(65)70-52(4,5)6/h9-15,17-22,24-25,27,29,36,41-42H,16,23,26,28,30-32H2,1-8H3,(H,57,62)(H,58,64)(H,59,61)(H4,54,55,56)/b40-29+/t36-,41-,42-/m0/s1. The molecule has 1 fully saturated rings. The summed E-state index contributed by atoms with van der Waals surface area (Å²) in [5.41, 5.74) is 13.3. The molecule has 2 aliphatic heterocycles. The highest BCUT2D eigenvalue weighted by atomic mass is 16.6. The molecular formula is C53H65N7O10. The summed E-state index contributed by atoms with van der Waals surface area (Å²) in [6.45, 7) is 14.5. The Bertz CT molecular complexity index is 2580. The topological polar surface area (TPSA) is 235 Å². The fraction of sp³-hybridized carbons (Fsp3) is 0.396. The maximum Gasteiger partial charge on any atom is 0.413 e. The monoisotopic (exact) mass is 959 g/mol. The lowest BCUT2D eigenvalue weighted by atomic mass is 9.94. The molecule has 0 radical (unpaired) electrons. The minimum absolute atomic E-state index is 0.0597. The second-order valence-electron chi connectivity index (χ2n) is 19.5. The lowest BCUT2D eigenvalue weighted by molar-refractivity contribution is -0.159. The van der Waals surface area contributed by atoms with E-state index in [9.17, 15) is 24.0 Å². The van der Waals surface area contributed by atoms with Gasteiger partial charge in [0.05, 0.1) is 18.3 Å². The normalized spacial score (nSPS) is 16.6. The number of guanidine groups is 1. The van der Waals surface area contributed by atoms with Crippen LogP contribution in [-0.4, -0.2) is 89.0 Å². The Hall–Kier alpha value is -7.40. The zero-order chi connectivity index (χ0) is 50.8. The summed E-state index contributed by atoms with van der Waals surface area (Å²) in [5, 5.41) is 8.59. The second kappa shape index (κ2) is 22.4. The molecule has 17 heteroatoms. The molecule has 0 aliphatic carbocycles. The number of ether oxygens (including phenoxy) is 5. The zero-order valence-electron chi connectivity index (χ0n) is 41.1. The Morgan fingerprint density at radius 1 is 0.814 bits per heavy atom. The van der Waals surface area contributed by atoms with Crippen LogP contribution in [0.25, 0.3) is 16.7 Å². The average Bonchev–Trinajstić information content (AvgIpc) is 3.78. The van der Waals surface area contributed by atoms with Crippen LogP contribution in [-0.2, 0) is 53.0 Å². The molecule has 17 nitrogen and oxygen atoms in total. The van der Waals surface area contributed by atoms with E-state index in [1.807, 2.05) is 72.8 Å². The van der Waals surface area contributed by atoms with E-state index in [0.29, 0.717) is 45.7 Å². The molecule has 0 bridgehead atoms. The summed E-state index contributed by atoms with van der Waals surface area (Å²) >= 11 is 0. The van der Waals surface area contributed by atoms with Gasteiger partial charge >= 0.3 is 18.2 Å². The number of para-hydroxylation sites is 1. The number of alkyl carbamates (subject to hydrolysis) is 1. The van der Waals surface area contributed by atoms with Crippen LogP contribution in [0.2, 0.25) is 0 Å². The molecule has 70 heavy (non-hydrogen) atoms. The summed E-state index contributed by atoms with van der Waals surface area (Å²) < 4.78 is 29.5. The van der Waals surface area contributed by atoms with Crippen LogP contribution < -0.4 is 32.2 Å². The molecule has 4 amide bonds. The molecule has 372 valence electrons. The van der Waals surface area contributed by atoms with Crippen LogP contribution in [0.4, 0.5) is 15.3 Å². The van der Waals surface area contributed by atoms with E-state index in [0.717, 1.165) is 11.1 Å². The zero-order valence-corrected chi connectivity index (χ0v) is 41.1. The lowest BCUT2D eigenvalue weighted by Gasteiger charge is -2.34. The van der Waals surface area contributed by atoms with Gasteiger partial charge in [0, 0.05) is 35.2 Å². The van der Waals surface area contributed by atoms with Crippen molar-refractivity contribution in [3.63, 3.8) is 0 Å². The minimum atomic E-state index is -1.27. The number of anilines is 1. The van der Waals surface area contributed by atoms with E-state index in [1.165, 1.54) is 4.90 Å². The van der Waals surface area contributed by atoms with E-state index in [-0.39, 0.29) is 51.1 Å². The predicted octanol–water partition coefficient (Wildman–Crippen LogP) is 7.36. The van der Waals surface area contributed by atoms with Gasteiger partial charge in [0.15, 0.2) is 5.96 Å². The van der Waals surface area contributed by atoms with Crippen molar-refractivity contribution in [1.82, 2.24) is 15.5 Å². The van der Waals surface area contributed by atoms with Crippen molar-refractivity contribution in [3.05, 3.63) is 125 Å². The molecule has 0 unspecified atom stereocenters. The Balaban J connectivity index is 1.37. The predicted molar refractivity (Wildman–Crippen MR) is 266 cm³/mol. The number of carbonyl (C=O) groups excluding carboxylic acids is 5. The molecule has 0 saturated carbocycles. The number of aliphatic imine (C=N–C) groups is 1. The fourth-order valence-corrected chi connectivity index (χ4v) is 7.94. The van der Waals surface area contributed by atoms with Gasteiger partial charge in [-0.25, -0.2) is 14.4 Å². The molecule has 6 rings (SSSR count). The largest absolute Gasteiger partial charge is 0.488 e. The third kappa shape index (κ3) is 14.3. The van der Waals surface area contributed by atoms with E-state index in [2.05, 4.69) is 20.9 Å². The lowest BCUT2D eigenvalue weighted by Crippen LogP contribution is -2.53. The van der Waals surface area contributed by atoms with Gasteiger partial charge < -0.3 is 51.1 Å². The number of hydrogen-bond donors (Lipinski definition) is 5. The molecule has 0 aromatic heterocycles. The highest BCUT2D eigenvalue weighted by Crippen LogP contribution is 2.44. The third-order valence-electron chi connectivity index (χ3n) is 11.1. The van der Waals surface area contributed by atoms with Gasteiger partial charge in [-0.1, -0.05) is 84.9 Å². The first kappa shape index (κ1) is 52.0. The van der Waals surface area contributed by atoms with Crippen LogP contribution in [0.5, 0.6) is 5.75 Å². The van der Waals surface area contributed by atoms with Crippen LogP contribution >= 0.6 is 0 Å². The molecule has 4 aromatic carbocycles. The van der Waals surface area contributed by atoms with Crippen molar-refractivity contribution in [3.8, 4) is 16.9 Å². The first-order valence-corrected chi connectivity index (χ1v) is 23.3. The number of fused-ring (bicyclic) bond motifs is 1. The SMILES string of the molecule is CC(C)(C)OC(=O)[C@H](CCCN=C(N)N)NC(=O)[C@H](Cc1ccc(OCc2ccccc2)c(-c2cccc3c2NC(=O)/C3=C/[C@H]2COC(C)(C)N2C(=O)OC(C)(C)C)c1)NC(=O)OCc1ccccc1. The van der Waals surface area contributed by atoms with Gasteiger partial charge in [-0.2, -0.15) is 0 Å². The molecule has 2 heterocycles. The van der Waals surface area contributed by atoms with E-state index < -0.39 is 59.1 Å². The summed E-state index contributed by atoms with van der Waals surface area (Å²) in [4.78, 5) is 74.5. The first-order chi connectivity index (χ1) is 33.1. The quantitative estimate of drug-likeness (QED) is 0.0174. The molecule has 1 saturated heterocycles. The Morgan fingerprint density at radius 3 is 2.10 bits per heavy atom. The number of carbonyl (C=O) groups is 5. The van der Waals surface area contributed by atoms with E-state index in [1.54, 1.807) is 85.7 Å². The molecule has 0 spiro atoms. The Labute approximate surface area is 409 Å². The summed E-state index contributed by atoms with van der Waals surface area (Å²) in [6, 6.07) is 26.6. The molecule has 4 aromatic rings. The second-order valence-corrected chi connectivity index (χ2v) is 19.5. The number of rotatable bonds is 17. The third-order valence-corrected chi connectivity index (χ3v) is 11.1. The smallest absolute Gasteiger partial charge is 0.413 e. The van der Waals surface area contributed by atoms with Crippen LogP contribution in [0.15, 0.2) is 108 Å². The number of nitrogens with one attached hydrogen (secondary N) is 3. The van der Waals surface area contributed by atoms with E-state index in [4.69, 9.17) is 35.2 Å². The van der Waals surface area contributed by atoms with Crippen molar-refractivity contribution in [2.75, 3.05) is 18.5 Å². The first-order valence-electron chi connectivity index (χ1n) is 23.3. The maximum atomic E-state index is 14.4. The van der Waals surface area contributed by atoms with Gasteiger partial charge in [0.25, 0.3) is 5.91 Å². The van der Waals surface area contributed by atoms with Crippen LogP contribution in [0, 0.1) is 0 Å². The number of benzene rings is 4. The number of nitrogens with two attached hydrogens (primary N) is 2. The van der Waals surface area contributed by atoms with Crippen molar-refractivity contribution in [2.45, 2.75) is 123 Å². The number of amides is 4. The average molecular weight is 960 g/mol. The number of hydrogen-bond acceptors (Lipinski definition) is 11. The highest BCUT2D eigenvalue weighted by molar-refractivity contribution is 6.33. The van der Waals surface area contributed by atoms with Crippen molar-refractivity contribution in [2.24, 2.45) is 16.5 Å². The van der Waals surface area contributed by atoms with Gasteiger partial charge in [0.1, 0.15) is 48.0 Å². The molecule has 7 N–H and O–H groups in total. The summed E-state index contributed by atoms with van der Waals surface area (Å²) in [7, 11) is 0. The van der Waals surface area contributed by atoms with Crippen LogP contribution in [0.1, 0.15) is 90.5 Å². The van der Waals surface area contributed by atoms with Gasteiger partial charge in [-0.05, 0) is 103 Å². The molecular weight excluding hydrogens is 895 g/mol. The maximum absolute atomic E-state index is 14.4. The van der Waals surface area contributed by atoms with Crippen molar-refractivity contribution in [1.29, 1.82) is 0 Å². The number of nitrogens with zero attached hydrogens (tertiary/aromatic N) is 2. The minimum Gasteiger partial charge on any atom is -0.488 e. The van der Waals surface area contributed by atoms with Crippen LogP contribution in [0.3, 0.4) is 0 Å². The fourth-order valence-electron chi connectivity index (χ4n) is 7.94. The van der Waals surface area contributed by atoms with E-state index >= 15 is 0 Å². The van der Waals surface area contributed by atoms with Gasteiger partial charge in [-0.15, -0.1) is 0 Å². The van der Waals surface area contributed by atoms with Crippen molar-refractivity contribution >= 4 is 47.2 Å². The Morgan fingerprint density at radius 2 is 1.46 bits per heavy atom. The summed E-state index contributed by atoms with van der Waals surface area (Å²) in [5.74, 6) is -1.37.